The molecule has 5 nitrogen and oxygen atoms in total. The fourth-order valence-electron chi connectivity index (χ4n) is 2.15. The third-order valence-electron chi connectivity index (χ3n) is 3.50. The Kier molecular flexibility index (Phi) is 8.59. The van der Waals surface area contributed by atoms with Crippen molar-refractivity contribution in [1.29, 1.82) is 0 Å². The Bertz CT molecular complexity index is 692. The fraction of sp³-hybridized carbons (Fsp3) is 0.278. The molecule has 0 heterocycles. The van der Waals surface area contributed by atoms with Crippen LogP contribution in [-0.2, 0) is 0 Å². The van der Waals surface area contributed by atoms with E-state index in [-0.39, 0.29) is 5.91 Å². The van der Waals surface area contributed by atoms with Crippen molar-refractivity contribution in [3.8, 4) is 17.2 Å². The van der Waals surface area contributed by atoms with E-state index >= 15 is 0 Å². The molecular weight excluding hydrogens is 548 g/mol. The maximum Gasteiger partial charge on any atom is 0.255 e. The Hall–Kier alpha value is -1.23. The van der Waals surface area contributed by atoms with E-state index < -0.39 is 0 Å². The summed E-state index contributed by atoms with van der Waals surface area (Å²) in [5, 5.41) is 2.86. The molecule has 0 fully saturated rings. The number of carbonyl (C=O) groups excluding carboxylic acids is 1. The number of amides is 1. The number of halogens is 2. The van der Waals surface area contributed by atoms with Gasteiger partial charge in [0.15, 0.2) is 57.5 Å². The van der Waals surface area contributed by atoms with Crippen molar-refractivity contribution in [2.45, 2.75) is 26.2 Å². The maximum absolute atomic E-state index is 12.5. The van der Waals surface area contributed by atoms with Crippen LogP contribution in [0, 0.1) is 0 Å². The van der Waals surface area contributed by atoms with Crippen molar-refractivity contribution in [2.24, 2.45) is 0 Å². The minimum Gasteiger partial charge on any atom is -0.490 e. The van der Waals surface area contributed by atoms with Crippen LogP contribution in [-0.4, -0.2) is 12.5 Å². The molecule has 0 spiro atoms. The average Bonchev–Trinajstić information content (AvgIpc) is 2.65. The van der Waals surface area contributed by atoms with Crippen molar-refractivity contribution in [3.63, 3.8) is 0 Å². The second-order valence-corrected chi connectivity index (χ2v) is 6.23. The van der Waals surface area contributed by atoms with Crippen molar-refractivity contribution in [1.82, 2.24) is 0 Å². The van der Waals surface area contributed by atoms with Crippen LogP contribution in [0.1, 0.15) is 36.5 Å². The van der Waals surface area contributed by atoms with Gasteiger partial charge >= 0.3 is 0 Å². The van der Waals surface area contributed by atoms with Crippen LogP contribution >= 0.6 is 46.0 Å². The molecule has 134 valence electrons. The largest absolute Gasteiger partial charge is 0.490 e. The number of rotatable bonds is 9. The molecule has 0 saturated heterocycles. The van der Waals surface area contributed by atoms with Gasteiger partial charge in [-0.1, -0.05) is 19.8 Å². The molecule has 0 atom stereocenters. The van der Waals surface area contributed by atoms with E-state index in [4.69, 9.17) is 10.9 Å². The van der Waals surface area contributed by atoms with Gasteiger partial charge in [-0.05, 0) is 48.9 Å². The van der Waals surface area contributed by atoms with Gasteiger partial charge in [-0.15, -0.1) is 0 Å². The zero-order valence-corrected chi connectivity index (χ0v) is 18.1. The number of ether oxygens (including phenoxy) is 1. The van der Waals surface area contributed by atoms with Crippen LogP contribution < -0.4 is 16.2 Å². The predicted molar refractivity (Wildman–Crippen MR) is 115 cm³/mol. The molecule has 0 radical (unpaired) electrons. The Morgan fingerprint density at radius 2 is 1.76 bits per heavy atom. The highest BCUT2D eigenvalue weighted by Gasteiger charge is 2.12. The quantitative estimate of drug-likeness (QED) is 0.300. The van der Waals surface area contributed by atoms with E-state index in [0.717, 1.165) is 25.0 Å². The highest BCUT2D eigenvalue weighted by atomic mass is 127. The third kappa shape index (κ3) is 6.21. The molecular formula is C18H19I2NO4. The van der Waals surface area contributed by atoms with Crippen LogP contribution in [0.5, 0.6) is 17.2 Å². The standard InChI is InChI=1S/C18H19I2NO4/c1-2-3-4-11-23-17-12-13(5-10-16(17)25-20)18(22)21-14-6-8-15(24-19)9-7-14/h5-10,12H,2-4,11H2,1H3,(H,21,22). The van der Waals surface area contributed by atoms with Crippen LogP contribution in [0.3, 0.4) is 0 Å². The minimum absolute atomic E-state index is 0.207. The number of nitrogens with one attached hydrogen (secondary N) is 1. The Balaban J connectivity index is 2.07. The number of carbonyl (C=O) groups is 1. The van der Waals surface area contributed by atoms with Crippen LogP contribution in [0.4, 0.5) is 5.69 Å². The average molecular weight is 567 g/mol. The van der Waals surface area contributed by atoms with E-state index in [2.05, 4.69) is 12.2 Å². The maximum atomic E-state index is 12.5. The van der Waals surface area contributed by atoms with Crippen LogP contribution in [0.2, 0.25) is 0 Å². The number of anilines is 1. The van der Waals surface area contributed by atoms with Gasteiger partial charge in [-0.25, -0.2) is 0 Å². The van der Waals surface area contributed by atoms with E-state index in [0.29, 0.717) is 29.4 Å². The lowest BCUT2D eigenvalue weighted by atomic mass is 10.1. The van der Waals surface area contributed by atoms with E-state index in [9.17, 15) is 4.79 Å². The molecule has 2 aromatic rings. The molecule has 0 aliphatic carbocycles. The summed E-state index contributed by atoms with van der Waals surface area (Å²) in [7, 11) is 0. The topological polar surface area (TPSA) is 56.8 Å². The lowest BCUT2D eigenvalue weighted by molar-refractivity contribution is 0.102. The molecule has 7 heteroatoms. The van der Waals surface area contributed by atoms with Gasteiger partial charge in [-0.3, -0.25) is 4.79 Å². The molecule has 0 bridgehead atoms. The van der Waals surface area contributed by atoms with Gasteiger partial charge in [0, 0.05) is 11.3 Å². The molecule has 2 rings (SSSR count). The van der Waals surface area contributed by atoms with Gasteiger partial charge < -0.3 is 16.2 Å². The third-order valence-corrected chi connectivity index (χ3v) is 4.48. The highest BCUT2D eigenvalue weighted by molar-refractivity contribution is 14.1. The number of hydrogen-bond acceptors (Lipinski definition) is 4. The summed E-state index contributed by atoms with van der Waals surface area (Å²) < 4.78 is 16.1. The Morgan fingerprint density at radius 3 is 2.40 bits per heavy atom. The second kappa shape index (κ2) is 10.7. The summed E-state index contributed by atoms with van der Waals surface area (Å²) in [6, 6.07) is 12.3. The number of unbranched alkanes of at least 4 members (excludes halogenated alkanes) is 2. The van der Waals surface area contributed by atoms with Gasteiger partial charge in [-0.2, -0.15) is 0 Å². The lowest BCUT2D eigenvalue weighted by Crippen LogP contribution is -2.12. The first-order chi connectivity index (χ1) is 12.2. The van der Waals surface area contributed by atoms with Crippen molar-refractivity contribution in [3.05, 3.63) is 48.0 Å². The van der Waals surface area contributed by atoms with Gasteiger partial charge in [0.1, 0.15) is 5.75 Å². The smallest absolute Gasteiger partial charge is 0.255 e. The van der Waals surface area contributed by atoms with E-state index in [1.165, 1.54) is 0 Å². The second-order valence-electron chi connectivity index (χ2n) is 5.35. The van der Waals surface area contributed by atoms with Gasteiger partial charge in [0.05, 0.1) is 6.61 Å². The van der Waals surface area contributed by atoms with E-state index in [1.54, 1.807) is 42.5 Å². The van der Waals surface area contributed by atoms with Crippen LogP contribution in [0.15, 0.2) is 42.5 Å². The van der Waals surface area contributed by atoms with Gasteiger partial charge in [0.25, 0.3) is 5.91 Å². The number of benzene rings is 2. The predicted octanol–water partition coefficient (Wildman–Crippen LogP) is 5.97. The zero-order valence-electron chi connectivity index (χ0n) is 13.8. The summed E-state index contributed by atoms with van der Waals surface area (Å²) in [6.45, 7) is 2.74. The summed E-state index contributed by atoms with van der Waals surface area (Å²) in [5.41, 5.74) is 1.21. The molecule has 0 saturated carbocycles. The lowest BCUT2D eigenvalue weighted by Gasteiger charge is -2.12. The van der Waals surface area contributed by atoms with Crippen LogP contribution in [0.25, 0.3) is 0 Å². The molecule has 1 N–H and O–H groups in total. The summed E-state index contributed by atoms with van der Waals surface area (Å²) in [6.07, 6.45) is 3.21. The SMILES string of the molecule is CCCCCOc1cc(C(=O)Nc2ccc(OI)cc2)ccc1OI. The zero-order chi connectivity index (χ0) is 18.1. The molecule has 25 heavy (non-hydrogen) atoms. The van der Waals surface area contributed by atoms with E-state index in [1.807, 2.05) is 46.0 Å². The summed E-state index contributed by atoms with van der Waals surface area (Å²) >= 11 is 3.62. The number of hydrogen-bond donors (Lipinski definition) is 1. The molecule has 2 aromatic carbocycles. The van der Waals surface area contributed by atoms with Crippen molar-refractivity contribution in [2.75, 3.05) is 11.9 Å². The van der Waals surface area contributed by atoms with Crippen molar-refractivity contribution >= 4 is 57.6 Å². The fourth-order valence-corrected chi connectivity index (χ4v) is 2.81. The Labute approximate surface area is 175 Å². The molecule has 0 aliphatic rings. The molecule has 0 unspecified atom stereocenters. The monoisotopic (exact) mass is 567 g/mol. The highest BCUT2D eigenvalue weighted by Crippen LogP contribution is 2.30. The normalized spacial score (nSPS) is 10.2. The molecule has 0 aromatic heterocycles. The summed E-state index contributed by atoms with van der Waals surface area (Å²) in [5.74, 6) is 1.70. The summed E-state index contributed by atoms with van der Waals surface area (Å²) in [4.78, 5) is 12.5. The first-order valence-corrected chi connectivity index (χ1v) is 9.69. The first-order valence-electron chi connectivity index (χ1n) is 7.93. The minimum atomic E-state index is -0.207. The van der Waals surface area contributed by atoms with Gasteiger partial charge in [0.2, 0.25) is 0 Å². The first kappa shape index (κ1) is 20.1. The Morgan fingerprint density at radius 1 is 1.00 bits per heavy atom. The molecule has 0 aliphatic heterocycles. The van der Waals surface area contributed by atoms with Crippen molar-refractivity contribution < 1.29 is 15.7 Å². The molecule has 1 amide bonds.